The normalized spacial score (nSPS) is 20.4. The zero-order valence-electron chi connectivity index (χ0n) is 28.0. The lowest BCUT2D eigenvalue weighted by Crippen LogP contribution is -2.56. The van der Waals surface area contributed by atoms with E-state index in [0.29, 0.717) is 30.5 Å². The molecule has 8 heteroatoms. The molecule has 8 nitrogen and oxygen atoms in total. The van der Waals surface area contributed by atoms with Gasteiger partial charge in [-0.3, -0.25) is 14.5 Å². The molecule has 0 radical (unpaired) electrons. The van der Waals surface area contributed by atoms with E-state index in [4.69, 9.17) is 4.74 Å². The summed E-state index contributed by atoms with van der Waals surface area (Å²) in [5, 5.41) is 7.39. The van der Waals surface area contributed by atoms with Crippen LogP contribution in [0.5, 0.6) is 5.75 Å². The highest BCUT2D eigenvalue weighted by Gasteiger charge is 2.35. The summed E-state index contributed by atoms with van der Waals surface area (Å²) in [4.78, 5) is 32.9. The predicted molar refractivity (Wildman–Crippen MR) is 180 cm³/mol. The van der Waals surface area contributed by atoms with Crippen molar-refractivity contribution in [2.75, 3.05) is 52.9 Å². The maximum atomic E-state index is 14.1. The molecule has 2 N–H and O–H groups in total. The molecule has 0 saturated carbocycles. The number of rotatable bonds is 12. The molecule has 0 bridgehead atoms. The van der Waals surface area contributed by atoms with Crippen LogP contribution in [-0.4, -0.2) is 97.6 Å². The Labute approximate surface area is 270 Å². The van der Waals surface area contributed by atoms with Crippen LogP contribution >= 0.6 is 0 Å². The molecule has 2 atom stereocenters. The van der Waals surface area contributed by atoms with Crippen LogP contribution < -0.4 is 15.4 Å². The number of piperidine rings is 2. The van der Waals surface area contributed by atoms with Crippen LogP contribution in [0.3, 0.4) is 0 Å². The van der Waals surface area contributed by atoms with Crippen molar-refractivity contribution >= 4 is 11.8 Å². The van der Waals surface area contributed by atoms with E-state index in [1.807, 2.05) is 17.0 Å². The van der Waals surface area contributed by atoms with Crippen molar-refractivity contribution in [2.45, 2.75) is 89.9 Å². The Kier molecular flexibility index (Phi) is 11.9. The number of carbonyl (C=O) groups is 2. The first-order valence-corrected chi connectivity index (χ1v) is 17.3. The van der Waals surface area contributed by atoms with Crippen LogP contribution in [-0.2, 0) is 22.4 Å². The Morgan fingerprint density at radius 1 is 0.956 bits per heavy atom. The van der Waals surface area contributed by atoms with E-state index < -0.39 is 0 Å². The number of nitrogens with one attached hydrogen (secondary N) is 2. The molecule has 2 amide bonds. The fourth-order valence-corrected chi connectivity index (χ4v) is 7.67. The van der Waals surface area contributed by atoms with Gasteiger partial charge in [0.1, 0.15) is 5.75 Å². The third kappa shape index (κ3) is 8.87. The number of hydrogen-bond acceptors (Lipinski definition) is 6. The van der Waals surface area contributed by atoms with Gasteiger partial charge in [0.05, 0.1) is 13.2 Å². The van der Waals surface area contributed by atoms with Crippen LogP contribution in [0.1, 0.15) is 75.6 Å². The zero-order valence-corrected chi connectivity index (χ0v) is 28.0. The Hall–Kier alpha value is -2.94. The summed E-state index contributed by atoms with van der Waals surface area (Å²) in [5.74, 6) is 1.82. The Bertz CT molecular complexity index is 1230. The molecule has 3 heterocycles. The highest BCUT2D eigenvalue weighted by Crippen LogP contribution is 2.27. The van der Waals surface area contributed by atoms with Crippen molar-refractivity contribution < 1.29 is 14.3 Å². The largest absolute Gasteiger partial charge is 0.497 e. The molecule has 5 rings (SSSR count). The van der Waals surface area contributed by atoms with Crippen molar-refractivity contribution in [3.8, 4) is 5.75 Å². The second-order valence-corrected chi connectivity index (χ2v) is 13.7. The SMILES string of the molecule is COc1ccc(CC(NCCC2NCCc3ccccc32)C(=O)N2CCC(N(CC(C)C)C3CCN(C(C)=O)CC3)CC2)cc1. The molecular weight excluding hydrogens is 562 g/mol. The summed E-state index contributed by atoms with van der Waals surface area (Å²) >= 11 is 0. The van der Waals surface area contributed by atoms with Gasteiger partial charge in [0.15, 0.2) is 0 Å². The van der Waals surface area contributed by atoms with E-state index in [2.05, 4.69) is 70.7 Å². The van der Waals surface area contributed by atoms with Gasteiger partial charge in [0.2, 0.25) is 11.8 Å². The lowest BCUT2D eigenvalue weighted by Gasteiger charge is -2.46. The number of fused-ring (bicyclic) bond motifs is 1. The molecule has 0 aromatic heterocycles. The smallest absolute Gasteiger partial charge is 0.240 e. The number of carbonyl (C=O) groups excluding carboxylic acids is 2. The molecule has 3 aliphatic heterocycles. The minimum absolute atomic E-state index is 0.188. The average molecular weight is 618 g/mol. The van der Waals surface area contributed by atoms with Crippen molar-refractivity contribution in [1.82, 2.24) is 25.3 Å². The summed E-state index contributed by atoms with van der Waals surface area (Å²) < 4.78 is 5.37. The summed E-state index contributed by atoms with van der Waals surface area (Å²) in [6, 6.07) is 17.9. The number of nitrogens with zero attached hydrogens (tertiary/aromatic N) is 3. The van der Waals surface area contributed by atoms with Gasteiger partial charge in [-0.2, -0.15) is 0 Å². The number of hydrogen-bond donors (Lipinski definition) is 2. The molecule has 45 heavy (non-hydrogen) atoms. The first-order valence-electron chi connectivity index (χ1n) is 17.3. The van der Waals surface area contributed by atoms with Gasteiger partial charge < -0.3 is 25.2 Å². The average Bonchev–Trinajstić information content (AvgIpc) is 3.07. The lowest BCUT2D eigenvalue weighted by molar-refractivity contribution is -0.135. The van der Waals surface area contributed by atoms with Gasteiger partial charge in [-0.1, -0.05) is 50.2 Å². The van der Waals surface area contributed by atoms with Crippen molar-refractivity contribution in [3.05, 3.63) is 65.2 Å². The molecule has 246 valence electrons. The maximum Gasteiger partial charge on any atom is 0.240 e. The van der Waals surface area contributed by atoms with E-state index in [-0.39, 0.29) is 17.9 Å². The van der Waals surface area contributed by atoms with Crippen LogP contribution in [0.2, 0.25) is 0 Å². The standard InChI is InChI=1S/C37H55N5O3/c1-27(2)26-42(31-15-21-40(22-16-31)28(3)43)32-17-23-41(24-18-32)37(44)36(25-29-9-11-33(45-4)12-10-29)39-20-14-35-34-8-6-5-7-30(34)13-19-38-35/h5-12,27,31-32,35-36,38-39H,13-26H2,1-4H3. The number of methoxy groups -OCH3 is 1. The molecule has 2 fully saturated rings. The second-order valence-electron chi connectivity index (χ2n) is 13.7. The number of amides is 2. The second kappa shape index (κ2) is 16.1. The van der Waals surface area contributed by atoms with Crippen molar-refractivity contribution in [2.24, 2.45) is 5.92 Å². The van der Waals surface area contributed by atoms with Crippen LogP contribution in [0.15, 0.2) is 48.5 Å². The zero-order chi connectivity index (χ0) is 31.8. The summed E-state index contributed by atoms with van der Waals surface area (Å²) in [7, 11) is 1.68. The highest BCUT2D eigenvalue weighted by atomic mass is 16.5. The van der Waals surface area contributed by atoms with Crippen LogP contribution in [0, 0.1) is 5.92 Å². The van der Waals surface area contributed by atoms with Gasteiger partial charge in [-0.15, -0.1) is 0 Å². The van der Waals surface area contributed by atoms with Gasteiger partial charge in [0.25, 0.3) is 0 Å². The summed E-state index contributed by atoms with van der Waals surface area (Å²) in [5.41, 5.74) is 3.96. The number of likely N-dealkylation sites (tertiary alicyclic amines) is 2. The summed E-state index contributed by atoms with van der Waals surface area (Å²) in [6.45, 7) is 12.4. The predicted octanol–water partition coefficient (Wildman–Crippen LogP) is 4.43. The monoisotopic (exact) mass is 617 g/mol. The van der Waals surface area contributed by atoms with E-state index >= 15 is 0 Å². The third-order valence-electron chi connectivity index (χ3n) is 10.1. The Morgan fingerprint density at radius 3 is 2.22 bits per heavy atom. The minimum Gasteiger partial charge on any atom is -0.497 e. The molecule has 2 unspecified atom stereocenters. The topological polar surface area (TPSA) is 77.2 Å². The number of ether oxygens (including phenoxy) is 1. The molecule has 2 saturated heterocycles. The quantitative estimate of drug-likeness (QED) is 0.367. The third-order valence-corrected chi connectivity index (χ3v) is 10.1. The molecular formula is C37H55N5O3. The van der Waals surface area contributed by atoms with Crippen molar-refractivity contribution in [1.29, 1.82) is 0 Å². The van der Waals surface area contributed by atoms with Crippen LogP contribution in [0.4, 0.5) is 0 Å². The van der Waals surface area contributed by atoms with Crippen LogP contribution in [0.25, 0.3) is 0 Å². The fourth-order valence-electron chi connectivity index (χ4n) is 7.67. The fraction of sp³-hybridized carbons (Fsp3) is 0.622. The van der Waals surface area contributed by atoms with Gasteiger partial charge in [-0.25, -0.2) is 0 Å². The molecule has 0 spiro atoms. The van der Waals surface area contributed by atoms with E-state index in [1.54, 1.807) is 14.0 Å². The minimum atomic E-state index is -0.267. The molecule has 0 aliphatic carbocycles. The molecule has 3 aliphatic rings. The van der Waals surface area contributed by atoms with E-state index in [9.17, 15) is 9.59 Å². The Morgan fingerprint density at radius 2 is 1.60 bits per heavy atom. The van der Waals surface area contributed by atoms with E-state index in [1.165, 1.54) is 11.1 Å². The molecule has 2 aromatic carbocycles. The maximum absolute atomic E-state index is 14.1. The highest BCUT2D eigenvalue weighted by molar-refractivity contribution is 5.82. The first-order chi connectivity index (χ1) is 21.8. The van der Waals surface area contributed by atoms with E-state index in [0.717, 1.165) is 95.7 Å². The van der Waals surface area contributed by atoms with Gasteiger partial charge >= 0.3 is 0 Å². The number of benzene rings is 2. The first kappa shape index (κ1) is 33.4. The lowest BCUT2D eigenvalue weighted by atomic mass is 9.92. The van der Waals surface area contributed by atoms with Gasteiger partial charge in [-0.05, 0) is 92.8 Å². The summed E-state index contributed by atoms with van der Waals surface area (Å²) in [6.07, 6.45) is 6.76. The molecule has 2 aromatic rings. The van der Waals surface area contributed by atoms with Gasteiger partial charge in [0, 0.05) is 57.8 Å². The van der Waals surface area contributed by atoms with Crippen molar-refractivity contribution in [3.63, 3.8) is 0 Å². The Balaban J connectivity index is 1.21.